The fraction of sp³-hybridized carbons (Fsp3) is 0.300. The maximum absolute atomic E-state index is 12.7. The van der Waals surface area contributed by atoms with Gasteiger partial charge in [0.1, 0.15) is 0 Å². The molecule has 2 aromatic rings. The van der Waals surface area contributed by atoms with Crippen molar-refractivity contribution in [2.24, 2.45) is 0 Å². The monoisotopic (exact) mass is 441 g/mol. The lowest BCUT2D eigenvalue weighted by Crippen LogP contribution is -2.45. The average Bonchev–Trinajstić information content (AvgIpc) is 2.65. The van der Waals surface area contributed by atoms with Gasteiger partial charge in [0.2, 0.25) is 11.8 Å². The number of amides is 2. The van der Waals surface area contributed by atoms with Crippen LogP contribution in [0.5, 0.6) is 0 Å². The molecule has 0 radical (unpaired) electrons. The second-order valence-corrected chi connectivity index (χ2v) is 7.58. The van der Waals surface area contributed by atoms with Crippen molar-refractivity contribution in [1.29, 1.82) is 0 Å². The first-order chi connectivity index (χ1) is 13.2. The largest absolute Gasteiger partial charge is 0.324 e. The highest BCUT2D eigenvalue weighted by molar-refractivity contribution is 6.39. The van der Waals surface area contributed by atoms with Crippen LogP contribution in [0.3, 0.4) is 0 Å². The van der Waals surface area contributed by atoms with Crippen molar-refractivity contribution < 1.29 is 9.59 Å². The van der Waals surface area contributed by atoms with Gasteiger partial charge in [-0.1, -0.05) is 53.9 Å². The van der Waals surface area contributed by atoms with Gasteiger partial charge in [-0.25, -0.2) is 0 Å². The Labute approximate surface area is 180 Å². The van der Waals surface area contributed by atoms with Gasteiger partial charge < -0.3 is 10.6 Å². The normalized spacial score (nSPS) is 12.0. The van der Waals surface area contributed by atoms with E-state index in [-0.39, 0.29) is 18.4 Å². The number of anilines is 2. The lowest BCUT2D eigenvalue weighted by molar-refractivity contribution is -0.123. The summed E-state index contributed by atoms with van der Waals surface area (Å²) in [5.74, 6) is -0.536. The number of likely N-dealkylation sites (N-methyl/N-ethyl adjacent to an activating group) is 1. The molecule has 8 heteroatoms. The molecular weight excluding hydrogens is 421 g/mol. The quantitative estimate of drug-likeness (QED) is 0.616. The standard InChI is InChI=1S/C20H22Cl3N3O2/c1-4-26(11-18(27)25-19-15(22)6-5-7-16(19)23)13(3)20(28)24-17-10-14(21)9-8-12(17)2/h5-10,13H,4,11H2,1-3H3,(H,24,28)(H,25,27). The highest BCUT2D eigenvalue weighted by atomic mass is 35.5. The van der Waals surface area contributed by atoms with Crippen molar-refractivity contribution in [3.63, 3.8) is 0 Å². The topological polar surface area (TPSA) is 61.4 Å². The molecule has 0 heterocycles. The molecule has 2 rings (SSSR count). The molecule has 0 bridgehead atoms. The number of rotatable bonds is 7. The predicted octanol–water partition coefficient (Wildman–Crippen LogP) is 5.24. The van der Waals surface area contributed by atoms with Gasteiger partial charge in [0.15, 0.2) is 0 Å². The number of halogens is 3. The van der Waals surface area contributed by atoms with Crippen LogP contribution in [0.25, 0.3) is 0 Å². The minimum atomic E-state index is -0.532. The molecule has 0 fully saturated rings. The molecule has 0 saturated carbocycles. The van der Waals surface area contributed by atoms with Gasteiger partial charge in [-0.15, -0.1) is 0 Å². The highest BCUT2D eigenvalue weighted by Crippen LogP contribution is 2.29. The Bertz CT molecular complexity index is 854. The molecule has 150 valence electrons. The van der Waals surface area contributed by atoms with E-state index in [1.54, 1.807) is 42.2 Å². The fourth-order valence-electron chi connectivity index (χ4n) is 2.64. The van der Waals surface area contributed by atoms with Gasteiger partial charge in [-0.05, 0) is 50.2 Å². The van der Waals surface area contributed by atoms with Gasteiger partial charge in [0.05, 0.1) is 28.3 Å². The van der Waals surface area contributed by atoms with E-state index < -0.39 is 6.04 Å². The summed E-state index contributed by atoms with van der Waals surface area (Å²) in [5.41, 5.74) is 1.91. The maximum atomic E-state index is 12.7. The van der Waals surface area contributed by atoms with Gasteiger partial charge in [0, 0.05) is 10.7 Å². The zero-order chi connectivity index (χ0) is 20.8. The van der Waals surface area contributed by atoms with Crippen molar-refractivity contribution >= 4 is 58.0 Å². The maximum Gasteiger partial charge on any atom is 0.241 e. The van der Waals surface area contributed by atoms with E-state index in [0.29, 0.717) is 33.0 Å². The molecule has 2 amide bonds. The molecule has 0 aliphatic rings. The molecule has 2 aromatic carbocycles. The Hall–Kier alpha value is -1.79. The van der Waals surface area contributed by atoms with E-state index in [4.69, 9.17) is 34.8 Å². The van der Waals surface area contributed by atoms with Gasteiger partial charge in [0.25, 0.3) is 0 Å². The van der Waals surface area contributed by atoms with Crippen molar-refractivity contribution in [2.75, 3.05) is 23.7 Å². The predicted molar refractivity (Wildman–Crippen MR) is 117 cm³/mol. The lowest BCUT2D eigenvalue weighted by Gasteiger charge is -2.26. The number of nitrogens with one attached hydrogen (secondary N) is 2. The van der Waals surface area contributed by atoms with Crippen LogP contribution in [0.15, 0.2) is 36.4 Å². The van der Waals surface area contributed by atoms with E-state index in [9.17, 15) is 9.59 Å². The zero-order valence-corrected chi connectivity index (χ0v) is 18.1. The number of para-hydroxylation sites is 1. The number of hydrogen-bond acceptors (Lipinski definition) is 3. The van der Waals surface area contributed by atoms with Crippen LogP contribution >= 0.6 is 34.8 Å². The van der Waals surface area contributed by atoms with Crippen LogP contribution in [0.2, 0.25) is 15.1 Å². The van der Waals surface area contributed by atoms with Gasteiger partial charge in [-0.3, -0.25) is 14.5 Å². The van der Waals surface area contributed by atoms with Crippen molar-refractivity contribution in [1.82, 2.24) is 4.90 Å². The summed E-state index contributed by atoms with van der Waals surface area (Å²) in [6.45, 7) is 6.03. The fourth-order valence-corrected chi connectivity index (χ4v) is 3.30. The Morgan fingerprint density at radius 1 is 1.07 bits per heavy atom. The molecular formula is C20H22Cl3N3O2. The third-order valence-electron chi connectivity index (χ3n) is 4.36. The Morgan fingerprint density at radius 2 is 1.71 bits per heavy atom. The summed E-state index contributed by atoms with van der Waals surface area (Å²) >= 11 is 18.2. The lowest BCUT2D eigenvalue weighted by atomic mass is 10.2. The van der Waals surface area contributed by atoms with E-state index in [2.05, 4.69) is 10.6 Å². The first-order valence-corrected chi connectivity index (χ1v) is 9.91. The van der Waals surface area contributed by atoms with Crippen LogP contribution in [-0.4, -0.2) is 35.8 Å². The highest BCUT2D eigenvalue weighted by Gasteiger charge is 2.23. The van der Waals surface area contributed by atoms with Gasteiger partial charge >= 0.3 is 0 Å². The second-order valence-electron chi connectivity index (χ2n) is 6.33. The number of carbonyl (C=O) groups is 2. The molecule has 2 N–H and O–H groups in total. The molecule has 0 aliphatic carbocycles. The number of carbonyl (C=O) groups excluding carboxylic acids is 2. The third-order valence-corrected chi connectivity index (χ3v) is 5.23. The summed E-state index contributed by atoms with van der Waals surface area (Å²) in [6, 6.07) is 9.75. The molecule has 28 heavy (non-hydrogen) atoms. The van der Waals surface area contributed by atoms with E-state index >= 15 is 0 Å². The third kappa shape index (κ3) is 5.85. The number of hydrogen-bond donors (Lipinski definition) is 2. The summed E-state index contributed by atoms with van der Waals surface area (Å²) < 4.78 is 0. The zero-order valence-electron chi connectivity index (χ0n) is 15.9. The van der Waals surface area contributed by atoms with E-state index in [0.717, 1.165) is 5.56 Å². The molecule has 0 aromatic heterocycles. The molecule has 1 atom stereocenters. The number of nitrogens with zero attached hydrogens (tertiary/aromatic N) is 1. The minimum Gasteiger partial charge on any atom is -0.324 e. The Balaban J connectivity index is 2.04. The van der Waals surface area contributed by atoms with Crippen LogP contribution in [-0.2, 0) is 9.59 Å². The smallest absolute Gasteiger partial charge is 0.241 e. The molecule has 0 saturated heterocycles. The van der Waals surface area contributed by atoms with Crippen molar-refractivity contribution in [3.05, 3.63) is 57.0 Å². The van der Waals surface area contributed by atoms with Gasteiger partial charge in [-0.2, -0.15) is 0 Å². The van der Waals surface area contributed by atoms with Crippen molar-refractivity contribution in [3.8, 4) is 0 Å². The summed E-state index contributed by atoms with van der Waals surface area (Å²) in [5, 5.41) is 6.82. The minimum absolute atomic E-state index is 0.0150. The van der Waals surface area contributed by atoms with Crippen LogP contribution < -0.4 is 10.6 Å². The van der Waals surface area contributed by atoms with E-state index in [1.165, 1.54) is 0 Å². The average molecular weight is 443 g/mol. The molecule has 5 nitrogen and oxygen atoms in total. The number of benzene rings is 2. The summed E-state index contributed by atoms with van der Waals surface area (Å²) in [7, 11) is 0. The van der Waals surface area contributed by atoms with Crippen molar-refractivity contribution in [2.45, 2.75) is 26.8 Å². The van der Waals surface area contributed by atoms with E-state index in [1.807, 2.05) is 19.9 Å². The second kappa shape index (κ2) is 10.1. The molecule has 0 aliphatic heterocycles. The molecule has 0 spiro atoms. The Morgan fingerprint density at radius 3 is 2.32 bits per heavy atom. The van der Waals surface area contributed by atoms with Crippen LogP contribution in [0.1, 0.15) is 19.4 Å². The Kier molecular flexibility index (Phi) is 8.13. The van der Waals surface area contributed by atoms with Crippen LogP contribution in [0, 0.1) is 6.92 Å². The van der Waals surface area contributed by atoms with Crippen LogP contribution in [0.4, 0.5) is 11.4 Å². The first kappa shape index (κ1) is 22.5. The molecule has 1 unspecified atom stereocenters. The summed E-state index contributed by atoms with van der Waals surface area (Å²) in [4.78, 5) is 26.9. The SMILES string of the molecule is CCN(CC(=O)Nc1c(Cl)cccc1Cl)C(C)C(=O)Nc1cc(Cl)ccc1C. The first-order valence-electron chi connectivity index (χ1n) is 8.77. The summed E-state index contributed by atoms with van der Waals surface area (Å²) in [6.07, 6.45) is 0. The number of aryl methyl sites for hydroxylation is 1.